The lowest BCUT2D eigenvalue weighted by atomic mass is 9.74. The molecule has 0 saturated heterocycles. The lowest BCUT2D eigenvalue weighted by molar-refractivity contribution is -0.0215. The molecule has 0 amide bonds. The zero-order valence-corrected chi connectivity index (χ0v) is 10.4. The number of imidazole rings is 1. The van der Waals surface area contributed by atoms with E-state index >= 15 is 0 Å². The summed E-state index contributed by atoms with van der Waals surface area (Å²) in [5.41, 5.74) is -0.732. The first-order valence-corrected chi connectivity index (χ1v) is 6.94. The van der Waals surface area contributed by atoms with E-state index in [9.17, 15) is 5.11 Å². The van der Waals surface area contributed by atoms with Gasteiger partial charge in [0.1, 0.15) is 11.4 Å². The van der Waals surface area contributed by atoms with Crippen LogP contribution in [0.3, 0.4) is 0 Å². The highest BCUT2D eigenvalue weighted by Crippen LogP contribution is 2.47. The Morgan fingerprint density at radius 1 is 1.47 bits per heavy atom. The number of nitrogens with zero attached hydrogens (tertiary/aromatic N) is 1. The quantitative estimate of drug-likeness (QED) is 0.858. The number of aromatic amines is 1. The fourth-order valence-corrected chi connectivity index (χ4v) is 3.72. The Morgan fingerprint density at radius 2 is 2.41 bits per heavy atom. The van der Waals surface area contributed by atoms with Crippen molar-refractivity contribution >= 4 is 11.3 Å². The van der Waals surface area contributed by atoms with Gasteiger partial charge in [0.05, 0.1) is 5.92 Å². The number of hydrogen-bond donors (Lipinski definition) is 2. The van der Waals surface area contributed by atoms with E-state index in [1.165, 1.54) is 6.42 Å². The van der Waals surface area contributed by atoms with Gasteiger partial charge in [-0.15, -0.1) is 11.3 Å². The summed E-state index contributed by atoms with van der Waals surface area (Å²) in [6, 6.07) is 4.04. The molecule has 3 nitrogen and oxygen atoms in total. The minimum Gasteiger partial charge on any atom is -0.384 e. The summed E-state index contributed by atoms with van der Waals surface area (Å²) in [7, 11) is 0. The second kappa shape index (κ2) is 4.27. The van der Waals surface area contributed by atoms with Gasteiger partial charge in [-0.25, -0.2) is 4.98 Å². The van der Waals surface area contributed by atoms with E-state index in [-0.39, 0.29) is 5.92 Å². The molecule has 2 aromatic rings. The van der Waals surface area contributed by atoms with Gasteiger partial charge in [0, 0.05) is 17.3 Å². The Labute approximate surface area is 105 Å². The maximum absolute atomic E-state index is 11.0. The van der Waals surface area contributed by atoms with Gasteiger partial charge in [-0.2, -0.15) is 0 Å². The normalized spacial score (nSPS) is 29.4. The van der Waals surface area contributed by atoms with Gasteiger partial charge >= 0.3 is 0 Å². The zero-order valence-electron chi connectivity index (χ0n) is 9.60. The molecule has 17 heavy (non-hydrogen) atoms. The van der Waals surface area contributed by atoms with Gasteiger partial charge in [0.2, 0.25) is 0 Å². The number of aliphatic hydroxyl groups is 1. The summed E-state index contributed by atoms with van der Waals surface area (Å²) in [6.07, 6.45) is 7.68. The summed E-state index contributed by atoms with van der Waals surface area (Å²) in [5.74, 6) is 1.02. The van der Waals surface area contributed by atoms with Crippen molar-refractivity contribution in [2.45, 2.75) is 37.2 Å². The lowest BCUT2D eigenvalue weighted by Crippen LogP contribution is -2.36. The third kappa shape index (κ3) is 1.81. The van der Waals surface area contributed by atoms with Crippen molar-refractivity contribution in [3.63, 3.8) is 0 Å². The second-order valence-corrected chi connectivity index (χ2v) is 5.62. The molecule has 1 aliphatic rings. The summed E-state index contributed by atoms with van der Waals surface area (Å²) in [6.45, 7) is 0. The van der Waals surface area contributed by atoms with Crippen LogP contribution in [-0.4, -0.2) is 15.1 Å². The van der Waals surface area contributed by atoms with Crippen LogP contribution in [0, 0.1) is 0 Å². The van der Waals surface area contributed by atoms with Crippen molar-refractivity contribution in [2.24, 2.45) is 0 Å². The first kappa shape index (κ1) is 11.0. The van der Waals surface area contributed by atoms with Gasteiger partial charge in [-0.1, -0.05) is 18.9 Å². The fourth-order valence-electron chi connectivity index (χ4n) is 2.81. The molecule has 2 aromatic heterocycles. The zero-order chi connectivity index (χ0) is 11.7. The van der Waals surface area contributed by atoms with Gasteiger partial charge in [-0.3, -0.25) is 0 Å². The molecule has 4 heteroatoms. The van der Waals surface area contributed by atoms with Crippen molar-refractivity contribution in [1.82, 2.24) is 9.97 Å². The van der Waals surface area contributed by atoms with Crippen molar-refractivity contribution in [2.75, 3.05) is 0 Å². The standard InChI is InChI=1S/C13H16N2OS/c16-13(11-5-3-9-17-11)6-2-1-4-10(13)12-14-7-8-15-12/h3,5,7-10,16H,1-2,4,6H2,(H,14,15). The summed E-state index contributed by atoms with van der Waals surface area (Å²) >= 11 is 1.64. The summed E-state index contributed by atoms with van der Waals surface area (Å²) in [5, 5.41) is 13.0. The maximum Gasteiger partial charge on any atom is 0.112 e. The van der Waals surface area contributed by atoms with Crippen molar-refractivity contribution in [3.8, 4) is 0 Å². The largest absolute Gasteiger partial charge is 0.384 e. The van der Waals surface area contributed by atoms with Gasteiger partial charge in [0.25, 0.3) is 0 Å². The van der Waals surface area contributed by atoms with Crippen LogP contribution in [0.5, 0.6) is 0 Å². The van der Waals surface area contributed by atoms with Crippen LogP contribution in [0.1, 0.15) is 42.3 Å². The van der Waals surface area contributed by atoms with Gasteiger partial charge in [0.15, 0.2) is 0 Å². The first-order chi connectivity index (χ1) is 8.31. The van der Waals surface area contributed by atoms with E-state index in [0.29, 0.717) is 0 Å². The molecule has 2 heterocycles. The van der Waals surface area contributed by atoms with Crippen LogP contribution in [0.25, 0.3) is 0 Å². The van der Waals surface area contributed by atoms with E-state index in [2.05, 4.69) is 9.97 Å². The highest BCUT2D eigenvalue weighted by molar-refractivity contribution is 7.10. The summed E-state index contributed by atoms with van der Waals surface area (Å²) in [4.78, 5) is 8.56. The van der Waals surface area contributed by atoms with Crippen molar-refractivity contribution in [3.05, 3.63) is 40.6 Å². The van der Waals surface area contributed by atoms with E-state index in [1.54, 1.807) is 17.5 Å². The molecule has 90 valence electrons. The Hall–Kier alpha value is -1.13. The minimum atomic E-state index is -0.732. The molecule has 1 fully saturated rings. The molecule has 3 rings (SSSR count). The van der Waals surface area contributed by atoms with Crippen LogP contribution in [-0.2, 0) is 5.60 Å². The Kier molecular flexibility index (Phi) is 2.76. The first-order valence-electron chi connectivity index (χ1n) is 6.06. The van der Waals surface area contributed by atoms with Gasteiger partial charge in [-0.05, 0) is 24.3 Å². The van der Waals surface area contributed by atoms with Gasteiger partial charge < -0.3 is 10.1 Å². The molecule has 0 spiro atoms. The van der Waals surface area contributed by atoms with Crippen LogP contribution < -0.4 is 0 Å². The number of nitrogens with one attached hydrogen (secondary N) is 1. The summed E-state index contributed by atoms with van der Waals surface area (Å²) < 4.78 is 0. The van der Waals surface area contributed by atoms with E-state index < -0.39 is 5.60 Å². The molecule has 0 radical (unpaired) electrons. The van der Waals surface area contributed by atoms with Crippen molar-refractivity contribution < 1.29 is 5.11 Å². The predicted octanol–water partition coefficient (Wildman–Crippen LogP) is 3.02. The van der Waals surface area contributed by atoms with Crippen LogP contribution >= 0.6 is 11.3 Å². The second-order valence-electron chi connectivity index (χ2n) is 4.67. The number of rotatable bonds is 2. The smallest absolute Gasteiger partial charge is 0.112 e. The molecular formula is C13H16N2OS. The molecule has 0 aromatic carbocycles. The van der Waals surface area contributed by atoms with E-state index in [4.69, 9.17) is 0 Å². The average Bonchev–Trinajstić information content (AvgIpc) is 3.03. The number of thiophene rings is 1. The molecule has 2 atom stereocenters. The topological polar surface area (TPSA) is 48.9 Å². The minimum absolute atomic E-state index is 0.102. The monoisotopic (exact) mass is 248 g/mol. The Balaban J connectivity index is 2.00. The Morgan fingerprint density at radius 3 is 3.12 bits per heavy atom. The number of H-pyrrole nitrogens is 1. The SMILES string of the molecule is OC1(c2cccs2)CCCCC1c1ncc[nH]1. The Bertz CT molecular complexity index is 466. The molecule has 0 bridgehead atoms. The predicted molar refractivity (Wildman–Crippen MR) is 68.0 cm³/mol. The molecule has 2 N–H and O–H groups in total. The van der Waals surface area contributed by atoms with Crippen LogP contribution in [0.15, 0.2) is 29.9 Å². The number of aromatic nitrogens is 2. The molecule has 1 aliphatic carbocycles. The molecule has 2 unspecified atom stereocenters. The third-order valence-electron chi connectivity index (χ3n) is 3.67. The third-order valence-corrected chi connectivity index (χ3v) is 4.71. The van der Waals surface area contributed by atoms with E-state index in [1.807, 2.05) is 23.7 Å². The average molecular weight is 248 g/mol. The van der Waals surface area contributed by atoms with Crippen LogP contribution in [0.4, 0.5) is 0 Å². The number of hydrogen-bond acceptors (Lipinski definition) is 3. The van der Waals surface area contributed by atoms with E-state index in [0.717, 1.165) is 30.0 Å². The van der Waals surface area contributed by atoms with Crippen LogP contribution in [0.2, 0.25) is 0 Å². The molecule has 1 saturated carbocycles. The maximum atomic E-state index is 11.0. The lowest BCUT2D eigenvalue weighted by Gasteiger charge is -2.38. The molecule has 0 aliphatic heterocycles. The highest BCUT2D eigenvalue weighted by Gasteiger charge is 2.43. The fraction of sp³-hybridized carbons (Fsp3) is 0.462. The molecular weight excluding hydrogens is 232 g/mol. The van der Waals surface area contributed by atoms with Crippen molar-refractivity contribution in [1.29, 1.82) is 0 Å². The highest BCUT2D eigenvalue weighted by atomic mass is 32.1.